The molecule has 2 rings (SSSR count). The van der Waals surface area contributed by atoms with Crippen molar-refractivity contribution in [3.63, 3.8) is 0 Å². The summed E-state index contributed by atoms with van der Waals surface area (Å²) in [5, 5.41) is 0.956. The number of hydrogen-bond acceptors (Lipinski definition) is 2. The Morgan fingerprint density at radius 1 is 1.43 bits per heavy atom. The van der Waals surface area contributed by atoms with Crippen molar-refractivity contribution in [2.24, 2.45) is 5.92 Å². The highest BCUT2D eigenvalue weighted by molar-refractivity contribution is 9.09. The fraction of sp³-hybridized carbons (Fsp3) is 1.00. The van der Waals surface area contributed by atoms with Crippen LogP contribution in [0.1, 0.15) is 26.7 Å². The molecule has 1 saturated heterocycles. The second-order valence-electron chi connectivity index (χ2n) is 5.29. The summed E-state index contributed by atoms with van der Waals surface area (Å²) < 4.78 is 5.97. The van der Waals surface area contributed by atoms with Crippen molar-refractivity contribution in [3.05, 3.63) is 0 Å². The number of alkyl halides is 1. The van der Waals surface area contributed by atoms with Gasteiger partial charge in [-0.1, -0.05) is 15.9 Å². The smallest absolute Gasteiger partial charge is 0.0806 e. The molecule has 0 radical (unpaired) electrons. The third-order valence-corrected chi connectivity index (χ3v) is 3.66. The van der Waals surface area contributed by atoms with Crippen molar-refractivity contribution >= 4 is 15.9 Å². The first-order valence-corrected chi connectivity index (χ1v) is 6.67. The predicted octanol–water partition coefficient (Wildman–Crippen LogP) is 2.27. The molecule has 3 heteroatoms. The third kappa shape index (κ3) is 2.94. The summed E-state index contributed by atoms with van der Waals surface area (Å²) >= 11 is 3.52. The number of halogens is 1. The van der Waals surface area contributed by atoms with Gasteiger partial charge in [-0.15, -0.1) is 0 Å². The molecule has 0 aromatic heterocycles. The summed E-state index contributed by atoms with van der Waals surface area (Å²) in [5.74, 6) is 0.986. The molecule has 0 aromatic rings. The molecule has 0 N–H and O–H groups in total. The van der Waals surface area contributed by atoms with Gasteiger partial charge in [0.15, 0.2) is 0 Å². The van der Waals surface area contributed by atoms with Gasteiger partial charge >= 0.3 is 0 Å². The Bertz CT molecular complexity index is 203. The van der Waals surface area contributed by atoms with E-state index in [0.717, 1.165) is 24.3 Å². The van der Waals surface area contributed by atoms with Crippen LogP contribution in [0.15, 0.2) is 0 Å². The maximum Gasteiger partial charge on any atom is 0.0806 e. The van der Waals surface area contributed by atoms with E-state index in [9.17, 15) is 0 Å². The van der Waals surface area contributed by atoms with Gasteiger partial charge in [-0.2, -0.15) is 0 Å². The summed E-state index contributed by atoms with van der Waals surface area (Å²) in [6.07, 6.45) is 3.26. The number of hydrogen-bond donors (Lipinski definition) is 0. The number of rotatable bonds is 3. The topological polar surface area (TPSA) is 12.5 Å². The molecule has 82 valence electrons. The van der Waals surface area contributed by atoms with Gasteiger partial charge in [0.1, 0.15) is 0 Å². The van der Waals surface area contributed by atoms with E-state index in [1.807, 2.05) is 0 Å². The molecule has 0 amide bonds. The van der Waals surface area contributed by atoms with E-state index in [-0.39, 0.29) is 5.60 Å². The lowest BCUT2D eigenvalue weighted by Crippen LogP contribution is -2.53. The zero-order valence-corrected chi connectivity index (χ0v) is 10.7. The maximum absolute atomic E-state index is 5.97. The molecule has 2 nitrogen and oxygen atoms in total. The standard InChI is InChI=1S/C11H20BrNO/c1-11(2)8-13(6-9-3-4-9)7-10(5-12)14-11/h9-10H,3-8H2,1-2H3. The van der Waals surface area contributed by atoms with Crippen molar-refractivity contribution in [2.75, 3.05) is 25.0 Å². The van der Waals surface area contributed by atoms with Crippen LogP contribution in [0.4, 0.5) is 0 Å². The lowest BCUT2D eigenvalue weighted by atomic mass is 10.1. The number of morpholine rings is 1. The molecule has 1 saturated carbocycles. The minimum Gasteiger partial charge on any atom is -0.369 e. The minimum absolute atomic E-state index is 0.0333. The molecule has 1 unspecified atom stereocenters. The molecule has 2 fully saturated rings. The molecule has 2 aliphatic rings. The number of nitrogens with zero attached hydrogens (tertiary/aromatic N) is 1. The molecule has 1 aliphatic carbocycles. The predicted molar refractivity (Wildman–Crippen MR) is 61.9 cm³/mol. The van der Waals surface area contributed by atoms with Gasteiger partial charge in [0.05, 0.1) is 11.7 Å². The Morgan fingerprint density at radius 3 is 2.71 bits per heavy atom. The van der Waals surface area contributed by atoms with Crippen LogP contribution in [0.3, 0.4) is 0 Å². The monoisotopic (exact) mass is 261 g/mol. The van der Waals surface area contributed by atoms with Gasteiger partial charge in [-0.05, 0) is 32.6 Å². The lowest BCUT2D eigenvalue weighted by Gasteiger charge is -2.42. The van der Waals surface area contributed by atoms with Gasteiger partial charge in [0.2, 0.25) is 0 Å². The van der Waals surface area contributed by atoms with Gasteiger partial charge in [0.25, 0.3) is 0 Å². The quantitative estimate of drug-likeness (QED) is 0.723. The molecule has 14 heavy (non-hydrogen) atoms. The largest absolute Gasteiger partial charge is 0.369 e. The van der Waals surface area contributed by atoms with Crippen molar-refractivity contribution in [1.82, 2.24) is 4.90 Å². The zero-order valence-electron chi connectivity index (χ0n) is 9.13. The third-order valence-electron chi connectivity index (χ3n) is 2.94. The molecular formula is C11H20BrNO. The fourth-order valence-electron chi connectivity index (χ4n) is 2.30. The average molecular weight is 262 g/mol. The summed E-state index contributed by atoms with van der Waals surface area (Å²) in [5.41, 5.74) is 0.0333. The van der Waals surface area contributed by atoms with E-state index in [1.165, 1.54) is 19.4 Å². The molecule has 1 heterocycles. The van der Waals surface area contributed by atoms with Crippen LogP contribution in [-0.4, -0.2) is 41.6 Å². The maximum atomic E-state index is 5.97. The molecule has 1 atom stereocenters. The fourth-order valence-corrected chi connectivity index (χ4v) is 2.64. The van der Waals surface area contributed by atoms with Crippen molar-refractivity contribution in [1.29, 1.82) is 0 Å². The van der Waals surface area contributed by atoms with Crippen molar-refractivity contribution < 1.29 is 4.74 Å². The Labute approximate surface area is 95.1 Å². The first-order valence-electron chi connectivity index (χ1n) is 5.55. The highest BCUT2D eigenvalue weighted by Crippen LogP contribution is 2.32. The summed E-state index contributed by atoms with van der Waals surface area (Å²) in [6.45, 7) is 7.87. The zero-order chi connectivity index (χ0) is 10.2. The summed E-state index contributed by atoms with van der Waals surface area (Å²) in [7, 11) is 0. The van der Waals surface area contributed by atoms with E-state index in [1.54, 1.807) is 0 Å². The van der Waals surface area contributed by atoms with Crippen LogP contribution < -0.4 is 0 Å². The molecule has 1 aliphatic heterocycles. The number of ether oxygens (including phenoxy) is 1. The molecular weight excluding hydrogens is 242 g/mol. The highest BCUT2D eigenvalue weighted by Gasteiger charge is 2.35. The first-order chi connectivity index (χ1) is 6.59. The van der Waals surface area contributed by atoms with Crippen LogP contribution in [0.5, 0.6) is 0 Å². The summed E-state index contributed by atoms with van der Waals surface area (Å²) in [4.78, 5) is 2.58. The minimum atomic E-state index is 0.0333. The van der Waals surface area contributed by atoms with Crippen LogP contribution >= 0.6 is 15.9 Å². The van der Waals surface area contributed by atoms with Crippen molar-refractivity contribution in [2.45, 2.75) is 38.4 Å². The molecule has 0 bridgehead atoms. The van der Waals surface area contributed by atoms with Gasteiger partial charge in [0, 0.05) is 25.0 Å². The lowest BCUT2D eigenvalue weighted by molar-refractivity contribution is -0.127. The Balaban J connectivity index is 1.89. The normalized spacial score (nSPS) is 33.2. The second kappa shape index (κ2) is 4.11. The van der Waals surface area contributed by atoms with Crippen LogP contribution in [0.2, 0.25) is 0 Å². The van der Waals surface area contributed by atoms with E-state index in [4.69, 9.17) is 4.74 Å². The van der Waals surface area contributed by atoms with Gasteiger partial charge < -0.3 is 4.74 Å². The summed E-state index contributed by atoms with van der Waals surface area (Å²) in [6, 6.07) is 0. The van der Waals surface area contributed by atoms with Crippen LogP contribution in [0.25, 0.3) is 0 Å². The van der Waals surface area contributed by atoms with E-state index >= 15 is 0 Å². The SMILES string of the molecule is CC1(C)CN(CC2CC2)CC(CBr)O1. The second-order valence-corrected chi connectivity index (χ2v) is 5.94. The van der Waals surface area contributed by atoms with E-state index in [0.29, 0.717) is 6.10 Å². The first kappa shape index (κ1) is 10.9. The average Bonchev–Trinajstić information content (AvgIpc) is 2.85. The van der Waals surface area contributed by atoms with Gasteiger partial charge in [-0.25, -0.2) is 0 Å². The van der Waals surface area contributed by atoms with Crippen LogP contribution in [0, 0.1) is 5.92 Å². The van der Waals surface area contributed by atoms with E-state index < -0.39 is 0 Å². The Hall–Kier alpha value is 0.400. The van der Waals surface area contributed by atoms with Gasteiger partial charge in [-0.3, -0.25) is 4.90 Å². The Kier molecular flexibility index (Phi) is 3.20. The highest BCUT2D eigenvalue weighted by atomic mass is 79.9. The molecule has 0 spiro atoms. The molecule has 0 aromatic carbocycles. The Morgan fingerprint density at radius 2 is 2.14 bits per heavy atom. The van der Waals surface area contributed by atoms with E-state index in [2.05, 4.69) is 34.7 Å². The van der Waals surface area contributed by atoms with Crippen molar-refractivity contribution in [3.8, 4) is 0 Å². The van der Waals surface area contributed by atoms with Crippen LogP contribution in [-0.2, 0) is 4.74 Å².